The predicted octanol–water partition coefficient (Wildman–Crippen LogP) is 3.21. The number of thiazole rings is 1. The molecule has 4 rings (SSSR count). The SMILES string of the molecule is C#CCOc1ccccc1/C=c1\sc2n(c1=O)[C@@H](c1ccc(OCC)cc1)C(C(=O)OCC)=C(C)N=2. The quantitative estimate of drug-likeness (QED) is 0.349. The van der Waals surface area contributed by atoms with Crippen LogP contribution in [0.4, 0.5) is 0 Å². The van der Waals surface area contributed by atoms with Crippen molar-refractivity contribution in [3.8, 4) is 23.8 Å². The van der Waals surface area contributed by atoms with E-state index >= 15 is 0 Å². The Morgan fingerprint density at radius 3 is 2.58 bits per heavy atom. The maximum Gasteiger partial charge on any atom is 0.338 e. The van der Waals surface area contributed by atoms with Crippen LogP contribution >= 0.6 is 11.3 Å². The van der Waals surface area contributed by atoms with Gasteiger partial charge in [0.15, 0.2) is 4.80 Å². The van der Waals surface area contributed by atoms with Crippen molar-refractivity contribution >= 4 is 23.4 Å². The van der Waals surface area contributed by atoms with Crippen molar-refractivity contribution in [3.63, 3.8) is 0 Å². The van der Waals surface area contributed by atoms with Crippen molar-refractivity contribution in [2.24, 2.45) is 4.99 Å². The molecule has 0 radical (unpaired) electrons. The highest BCUT2D eigenvalue weighted by Gasteiger charge is 2.33. The highest BCUT2D eigenvalue weighted by Crippen LogP contribution is 2.31. The number of nitrogens with zero attached hydrogens (tertiary/aromatic N) is 2. The lowest BCUT2D eigenvalue weighted by Crippen LogP contribution is -2.39. The first-order valence-corrected chi connectivity index (χ1v) is 12.4. The molecule has 0 unspecified atom stereocenters. The van der Waals surface area contributed by atoms with Gasteiger partial charge in [-0.1, -0.05) is 47.6 Å². The molecule has 0 bridgehead atoms. The van der Waals surface area contributed by atoms with Crippen LogP contribution < -0.4 is 24.4 Å². The van der Waals surface area contributed by atoms with Crippen LogP contribution in [-0.4, -0.2) is 30.4 Å². The van der Waals surface area contributed by atoms with Gasteiger partial charge in [-0.25, -0.2) is 9.79 Å². The molecule has 36 heavy (non-hydrogen) atoms. The molecule has 0 saturated carbocycles. The Hall–Kier alpha value is -4.09. The first-order chi connectivity index (χ1) is 17.5. The number of benzene rings is 2. The summed E-state index contributed by atoms with van der Waals surface area (Å²) in [5, 5.41) is 0. The largest absolute Gasteiger partial charge is 0.494 e. The number of esters is 1. The normalized spacial score (nSPS) is 15.1. The average molecular weight is 503 g/mol. The van der Waals surface area contributed by atoms with Crippen LogP contribution in [0.3, 0.4) is 0 Å². The van der Waals surface area contributed by atoms with Crippen molar-refractivity contribution in [2.45, 2.75) is 26.8 Å². The Morgan fingerprint density at radius 1 is 1.14 bits per heavy atom. The van der Waals surface area contributed by atoms with Gasteiger partial charge in [-0.15, -0.1) is 6.42 Å². The van der Waals surface area contributed by atoms with E-state index in [1.807, 2.05) is 49.4 Å². The van der Waals surface area contributed by atoms with E-state index in [9.17, 15) is 9.59 Å². The van der Waals surface area contributed by atoms with E-state index in [-0.39, 0.29) is 18.8 Å². The maximum atomic E-state index is 13.7. The number of carbonyl (C=O) groups excluding carboxylic acids is 1. The molecule has 3 aromatic rings. The van der Waals surface area contributed by atoms with Crippen LogP contribution in [0.25, 0.3) is 6.08 Å². The van der Waals surface area contributed by atoms with Gasteiger partial charge in [0.1, 0.15) is 18.1 Å². The third kappa shape index (κ3) is 4.97. The minimum atomic E-state index is -0.689. The molecule has 184 valence electrons. The van der Waals surface area contributed by atoms with Crippen LogP contribution in [0.2, 0.25) is 0 Å². The van der Waals surface area contributed by atoms with Crippen molar-refractivity contribution in [1.82, 2.24) is 4.57 Å². The van der Waals surface area contributed by atoms with E-state index in [1.54, 1.807) is 30.6 Å². The summed E-state index contributed by atoms with van der Waals surface area (Å²) in [6, 6.07) is 14.0. The summed E-state index contributed by atoms with van der Waals surface area (Å²) in [5.74, 6) is 3.23. The third-order valence-corrected chi connectivity index (χ3v) is 6.52. The van der Waals surface area contributed by atoms with Gasteiger partial charge in [0.2, 0.25) is 0 Å². The molecule has 0 N–H and O–H groups in total. The first-order valence-electron chi connectivity index (χ1n) is 11.6. The molecule has 1 aliphatic rings. The standard InChI is InChI=1S/C28H26N2O5S/c1-5-16-35-22-11-9-8-10-20(22)17-23-26(31)30-25(19-12-14-21(15-13-19)33-6-2)24(27(32)34-7-3)18(4)29-28(30)36-23/h1,8-15,17,25H,6-7,16H2,2-4H3/b23-17-/t25-/m0/s1. The zero-order chi connectivity index (χ0) is 25.7. The van der Waals surface area contributed by atoms with Crippen molar-refractivity contribution in [3.05, 3.63) is 90.6 Å². The summed E-state index contributed by atoms with van der Waals surface area (Å²) in [6.07, 6.45) is 7.10. The van der Waals surface area contributed by atoms with E-state index in [0.717, 1.165) is 11.1 Å². The van der Waals surface area contributed by atoms with Crippen molar-refractivity contribution in [1.29, 1.82) is 0 Å². The van der Waals surface area contributed by atoms with Crippen LogP contribution in [0.15, 0.2) is 69.6 Å². The Morgan fingerprint density at radius 2 is 1.89 bits per heavy atom. The molecule has 1 atom stereocenters. The van der Waals surface area contributed by atoms with Crippen LogP contribution in [-0.2, 0) is 9.53 Å². The van der Waals surface area contributed by atoms with E-state index in [0.29, 0.717) is 38.7 Å². The molecule has 0 fully saturated rings. The van der Waals surface area contributed by atoms with Gasteiger partial charge in [0, 0.05) is 5.56 Å². The minimum Gasteiger partial charge on any atom is -0.494 e. The monoisotopic (exact) mass is 502 g/mol. The number of hydrogen-bond acceptors (Lipinski definition) is 7. The number of ether oxygens (including phenoxy) is 3. The molecular formula is C28H26N2O5S. The lowest BCUT2D eigenvalue weighted by atomic mass is 9.96. The molecule has 2 heterocycles. The second-order valence-electron chi connectivity index (χ2n) is 7.83. The lowest BCUT2D eigenvalue weighted by molar-refractivity contribution is -0.139. The predicted molar refractivity (Wildman–Crippen MR) is 139 cm³/mol. The number of fused-ring (bicyclic) bond motifs is 1. The number of carbonyl (C=O) groups is 1. The van der Waals surface area contributed by atoms with Gasteiger partial charge in [-0.3, -0.25) is 9.36 Å². The lowest BCUT2D eigenvalue weighted by Gasteiger charge is -2.24. The highest BCUT2D eigenvalue weighted by atomic mass is 32.1. The summed E-state index contributed by atoms with van der Waals surface area (Å²) in [6.45, 7) is 6.28. The second kappa shape index (κ2) is 11.1. The summed E-state index contributed by atoms with van der Waals surface area (Å²) >= 11 is 1.25. The second-order valence-corrected chi connectivity index (χ2v) is 8.84. The van der Waals surface area contributed by atoms with Gasteiger partial charge in [-0.05, 0) is 50.6 Å². The number of aromatic nitrogens is 1. The third-order valence-electron chi connectivity index (χ3n) is 5.54. The highest BCUT2D eigenvalue weighted by molar-refractivity contribution is 7.07. The molecule has 1 aliphatic heterocycles. The zero-order valence-electron chi connectivity index (χ0n) is 20.3. The maximum absolute atomic E-state index is 13.7. The summed E-state index contributed by atoms with van der Waals surface area (Å²) in [7, 11) is 0. The number of terminal acetylenes is 1. The Kier molecular flexibility index (Phi) is 7.71. The van der Waals surface area contributed by atoms with Crippen molar-refractivity contribution < 1.29 is 19.0 Å². The summed E-state index contributed by atoms with van der Waals surface area (Å²) in [4.78, 5) is 31.9. The number of hydrogen-bond donors (Lipinski definition) is 0. The van der Waals surface area contributed by atoms with Gasteiger partial charge in [0.05, 0.1) is 35.1 Å². The van der Waals surface area contributed by atoms with Crippen molar-refractivity contribution in [2.75, 3.05) is 19.8 Å². The van der Waals surface area contributed by atoms with Crippen LogP contribution in [0, 0.1) is 12.3 Å². The number of para-hydroxylation sites is 1. The Bertz CT molecular complexity index is 1520. The minimum absolute atomic E-state index is 0.117. The molecule has 7 nitrogen and oxygen atoms in total. The van der Waals surface area contributed by atoms with E-state index in [4.69, 9.17) is 20.6 Å². The molecule has 0 amide bonds. The molecule has 0 aliphatic carbocycles. The van der Waals surface area contributed by atoms with E-state index in [1.165, 1.54) is 11.3 Å². The molecule has 8 heteroatoms. The summed E-state index contributed by atoms with van der Waals surface area (Å²) in [5.41, 5.74) is 2.05. The molecule has 0 spiro atoms. The fraction of sp³-hybridized carbons (Fsp3) is 0.250. The fourth-order valence-corrected chi connectivity index (χ4v) is 5.05. The Labute approximate surface area is 213 Å². The summed E-state index contributed by atoms with van der Waals surface area (Å²) < 4.78 is 18.6. The fourth-order valence-electron chi connectivity index (χ4n) is 4.01. The topological polar surface area (TPSA) is 79.1 Å². The Balaban J connectivity index is 1.90. The average Bonchev–Trinajstić information content (AvgIpc) is 3.17. The first kappa shape index (κ1) is 25.0. The van der Waals surface area contributed by atoms with Gasteiger partial charge in [0.25, 0.3) is 5.56 Å². The van der Waals surface area contributed by atoms with Gasteiger partial charge >= 0.3 is 5.97 Å². The van der Waals surface area contributed by atoms with Crippen LogP contribution in [0.5, 0.6) is 11.5 Å². The van der Waals surface area contributed by atoms with E-state index < -0.39 is 12.0 Å². The zero-order valence-corrected chi connectivity index (χ0v) is 21.1. The molecular weight excluding hydrogens is 476 g/mol. The van der Waals surface area contributed by atoms with E-state index in [2.05, 4.69) is 10.9 Å². The molecule has 2 aromatic carbocycles. The number of rotatable bonds is 8. The molecule has 1 aromatic heterocycles. The van der Waals surface area contributed by atoms with Crippen LogP contribution in [0.1, 0.15) is 37.9 Å². The van der Waals surface area contributed by atoms with Gasteiger partial charge < -0.3 is 14.2 Å². The molecule has 0 saturated heterocycles. The smallest absolute Gasteiger partial charge is 0.338 e. The van der Waals surface area contributed by atoms with Gasteiger partial charge in [-0.2, -0.15) is 0 Å². The number of allylic oxidation sites excluding steroid dienone is 1.